The van der Waals surface area contributed by atoms with E-state index in [1.165, 1.54) is 6.07 Å². The fraction of sp³-hybridized carbons (Fsp3) is 0.364. The van der Waals surface area contributed by atoms with E-state index in [4.69, 9.17) is 0 Å². The quantitative estimate of drug-likeness (QED) is 0.768. The Balaban J connectivity index is 2.59. The number of carbonyl (C=O) groups excluding carboxylic acids is 1. The van der Waals surface area contributed by atoms with Gasteiger partial charge in [-0.2, -0.15) is 0 Å². The van der Waals surface area contributed by atoms with E-state index in [0.717, 1.165) is 0 Å². The molecule has 1 aromatic rings. The van der Waals surface area contributed by atoms with Gasteiger partial charge >= 0.3 is 0 Å². The number of hydrogen-bond acceptors (Lipinski definition) is 2. The molecule has 0 saturated heterocycles. The van der Waals surface area contributed by atoms with E-state index < -0.39 is 10.8 Å². The van der Waals surface area contributed by atoms with Gasteiger partial charge in [-0.1, -0.05) is 25.1 Å². The first-order valence-corrected chi connectivity index (χ1v) is 6.22. The molecule has 0 aliphatic rings. The van der Waals surface area contributed by atoms with Gasteiger partial charge in [-0.05, 0) is 11.6 Å². The average Bonchev–Trinajstić information content (AvgIpc) is 2.21. The summed E-state index contributed by atoms with van der Waals surface area (Å²) < 4.78 is 24.2. The number of benzene rings is 1. The van der Waals surface area contributed by atoms with Crippen LogP contribution in [0.2, 0.25) is 0 Å². The lowest BCUT2D eigenvalue weighted by Crippen LogP contribution is -2.14. The molecule has 0 radical (unpaired) electrons. The summed E-state index contributed by atoms with van der Waals surface area (Å²) in [5.74, 6) is -0.0816. The van der Waals surface area contributed by atoms with Gasteiger partial charge in [0.25, 0.3) is 0 Å². The lowest BCUT2D eigenvalue weighted by Gasteiger charge is -2.01. The third-order valence-corrected chi connectivity index (χ3v) is 3.28. The van der Waals surface area contributed by atoms with Gasteiger partial charge < -0.3 is 0 Å². The summed E-state index contributed by atoms with van der Waals surface area (Å²) in [4.78, 5) is 11.4. The topological polar surface area (TPSA) is 34.1 Å². The molecule has 1 atom stereocenters. The van der Waals surface area contributed by atoms with Crippen molar-refractivity contribution >= 4 is 16.6 Å². The minimum atomic E-state index is -1.11. The Bertz CT molecular complexity index is 377. The Morgan fingerprint density at radius 2 is 2.07 bits per heavy atom. The number of hydrogen-bond donors (Lipinski definition) is 0. The van der Waals surface area contributed by atoms with Crippen LogP contribution in [0.5, 0.6) is 0 Å². The average molecular weight is 228 g/mol. The normalized spacial score (nSPS) is 12.4. The Labute approximate surface area is 91.0 Å². The van der Waals surface area contributed by atoms with Crippen molar-refractivity contribution in [3.63, 3.8) is 0 Å². The SMILES string of the molecule is CCS(=O)CC(=O)Cc1ccccc1F. The van der Waals surface area contributed by atoms with Crippen LogP contribution < -0.4 is 0 Å². The highest BCUT2D eigenvalue weighted by atomic mass is 32.2. The molecule has 0 aromatic heterocycles. The molecule has 0 bridgehead atoms. The molecule has 1 aromatic carbocycles. The summed E-state index contributed by atoms with van der Waals surface area (Å²) >= 11 is 0. The molecule has 0 spiro atoms. The van der Waals surface area contributed by atoms with Crippen LogP contribution in [0.1, 0.15) is 12.5 Å². The van der Waals surface area contributed by atoms with Crippen molar-refractivity contribution in [1.82, 2.24) is 0 Å². The van der Waals surface area contributed by atoms with Gasteiger partial charge in [-0.15, -0.1) is 0 Å². The Morgan fingerprint density at radius 1 is 1.40 bits per heavy atom. The van der Waals surface area contributed by atoms with Crippen LogP contribution in [0.25, 0.3) is 0 Å². The molecular weight excluding hydrogens is 215 g/mol. The highest BCUT2D eigenvalue weighted by Crippen LogP contribution is 2.07. The van der Waals surface area contributed by atoms with Crippen molar-refractivity contribution in [1.29, 1.82) is 0 Å². The van der Waals surface area contributed by atoms with Gasteiger partial charge in [-0.25, -0.2) is 4.39 Å². The van der Waals surface area contributed by atoms with Crippen LogP contribution in [0.15, 0.2) is 24.3 Å². The zero-order chi connectivity index (χ0) is 11.3. The van der Waals surface area contributed by atoms with Crippen LogP contribution in [0.3, 0.4) is 0 Å². The predicted molar refractivity (Wildman–Crippen MR) is 58.7 cm³/mol. The van der Waals surface area contributed by atoms with E-state index in [1.54, 1.807) is 25.1 Å². The van der Waals surface area contributed by atoms with Crippen molar-refractivity contribution in [3.8, 4) is 0 Å². The second kappa shape index (κ2) is 5.75. The molecule has 15 heavy (non-hydrogen) atoms. The van der Waals surface area contributed by atoms with Gasteiger partial charge in [0.2, 0.25) is 0 Å². The zero-order valence-corrected chi connectivity index (χ0v) is 9.35. The number of ketones is 1. The van der Waals surface area contributed by atoms with E-state index in [1.807, 2.05) is 0 Å². The Hall–Kier alpha value is -1.03. The minimum Gasteiger partial charge on any atom is -0.298 e. The molecule has 0 amide bonds. The van der Waals surface area contributed by atoms with Crippen LogP contribution in [0, 0.1) is 5.82 Å². The molecule has 0 fully saturated rings. The first-order chi connectivity index (χ1) is 7.13. The van der Waals surface area contributed by atoms with Crippen LogP contribution in [-0.4, -0.2) is 21.5 Å². The number of carbonyl (C=O) groups is 1. The Kier molecular flexibility index (Phi) is 4.62. The van der Waals surface area contributed by atoms with Crippen LogP contribution >= 0.6 is 0 Å². The largest absolute Gasteiger partial charge is 0.298 e. The van der Waals surface area contributed by atoms with Crippen molar-refractivity contribution in [2.24, 2.45) is 0 Å². The second-order valence-corrected chi connectivity index (χ2v) is 4.93. The monoisotopic (exact) mass is 228 g/mol. The first kappa shape index (κ1) is 12.0. The molecule has 82 valence electrons. The van der Waals surface area contributed by atoms with Crippen molar-refractivity contribution < 1.29 is 13.4 Å². The van der Waals surface area contributed by atoms with Gasteiger partial charge in [0, 0.05) is 23.0 Å². The van der Waals surface area contributed by atoms with Crippen molar-refractivity contribution in [3.05, 3.63) is 35.6 Å². The van der Waals surface area contributed by atoms with E-state index >= 15 is 0 Å². The standard InChI is InChI=1S/C11H13FO2S/c1-2-15(14)8-10(13)7-9-5-3-4-6-11(9)12/h3-6H,2,7-8H2,1H3. The lowest BCUT2D eigenvalue weighted by molar-refractivity contribution is -0.116. The van der Waals surface area contributed by atoms with Gasteiger partial charge in [-0.3, -0.25) is 9.00 Å². The smallest absolute Gasteiger partial charge is 0.149 e. The van der Waals surface area contributed by atoms with Crippen LogP contribution in [-0.2, 0) is 22.0 Å². The molecule has 0 saturated carbocycles. The molecule has 0 aliphatic carbocycles. The summed E-state index contributed by atoms with van der Waals surface area (Å²) in [7, 11) is -1.11. The van der Waals surface area contributed by atoms with Crippen molar-refractivity contribution in [2.45, 2.75) is 13.3 Å². The van der Waals surface area contributed by atoms with E-state index in [9.17, 15) is 13.4 Å². The van der Waals surface area contributed by atoms with Gasteiger partial charge in [0.1, 0.15) is 11.6 Å². The van der Waals surface area contributed by atoms with Gasteiger partial charge in [0.15, 0.2) is 0 Å². The van der Waals surface area contributed by atoms with E-state index in [2.05, 4.69) is 0 Å². The zero-order valence-electron chi connectivity index (χ0n) is 8.53. The molecule has 4 heteroatoms. The highest BCUT2D eigenvalue weighted by molar-refractivity contribution is 7.85. The maximum Gasteiger partial charge on any atom is 0.149 e. The summed E-state index contributed by atoms with van der Waals surface area (Å²) in [5.41, 5.74) is 0.371. The summed E-state index contributed by atoms with van der Waals surface area (Å²) in [6, 6.07) is 6.15. The molecule has 1 unspecified atom stereocenters. The van der Waals surface area contributed by atoms with E-state index in [0.29, 0.717) is 11.3 Å². The van der Waals surface area contributed by atoms with E-state index in [-0.39, 0.29) is 23.8 Å². The summed E-state index contributed by atoms with van der Waals surface area (Å²) in [6.07, 6.45) is 0.0262. The maximum absolute atomic E-state index is 13.1. The highest BCUT2D eigenvalue weighted by Gasteiger charge is 2.10. The Morgan fingerprint density at radius 3 is 2.67 bits per heavy atom. The molecule has 0 N–H and O–H groups in total. The number of rotatable bonds is 5. The molecule has 1 rings (SSSR count). The molecule has 2 nitrogen and oxygen atoms in total. The number of Topliss-reactive ketones (excluding diaryl/α,β-unsaturated/α-hetero) is 1. The number of halogens is 1. The third kappa shape index (κ3) is 3.91. The van der Waals surface area contributed by atoms with Crippen molar-refractivity contribution in [2.75, 3.05) is 11.5 Å². The lowest BCUT2D eigenvalue weighted by atomic mass is 10.1. The molecule has 0 aliphatic heterocycles. The molecule has 0 heterocycles. The van der Waals surface area contributed by atoms with Crippen LogP contribution in [0.4, 0.5) is 4.39 Å². The third-order valence-electron chi connectivity index (χ3n) is 1.99. The minimum absolute atomic E-state index is 0.0187. The second-order valence-electron chi connectivity index (χ2n) is 3.18. The summed E-state index contributed by atoms with van der Waals surface area (Å²) in [5, 5.41) is 0. The maximum atomic E-state index is 13.1. The fourth-order valence-corrected chi connectivity index (χ4v) is 1.85. The molecular formula is C11H13FO2S. The predicted octanol–water partition coefficient (Wildman–Crippen LogP) is 1.71. The fourth-order valence-electron chi connectivity index (χ4n) is 1.19. The first-order valence-electron chi connectivity index (χ1n) is 4.73. The van der Waals surface area contributed by atoms with Gasteiger partial charge in [0.05, 0.1) is 5.75 Å². The summed E-state index contributed by atoms with van der Waals surface area (Å²) in [6.45, 7) is 1.76.